The quantitative estimate of drug-likeness (QED) is 0.619. The monoisotopic (exact) mass is 429 g/mol. The van der Waals surface area contributed by atoms with Crippen molar-refractivity contribution >= 4 is 35.6 Å². The lowest BCUT2D eigenvalue weighted by atomic mass is 9.72. The normalized spacial score (nSPS) is 20.0. The van der Waals surface area contributed by atoms with E-state index in [1.165, 1.54) is 18.4 Å². The number of carbonyl (C=O) groups excluding carboxylic acids is 1. The summed E-state index contributed by atoms with van der Waals surface area (Å²) in [5, 5.41) is 7.27. The molecule has 4 rings (SSSR count). The highest BCUT2D eigenvalue weighted by Gasteiger charge is 2.33. The topological polar surface area (TPSA) is 54.0 Å². The zero-order valence-corrected chi connectivity index (χ0v) is 17.8. The molecule has 0 spiro atoms. The maximum Gasteiger partial charge on any atom is 0.253 e. The highest BCUT2D eigenvalue weighted by Crippen LogP contribution is 2.36. The molecule has 4 nitrogen and oxygen atoms in total. The molecule has 1 fully saturated rings. The van der Waals surface area contributed by atoms with Gasteiger partial charge in [0, 0.05) is 42.6 Å². The first-order chi connectivity index (χ1) is 13.7. The van der Waals surface area contributed by atoms with Crippen LogP contribution in [0.3, 0.4) is 0 Å². The predicted molar refractivity (Wildman–Crippen MR) is 120 cm³/mol. The Kier molecular flexibility index (Phi) is 7.05. The molecule has 6 heteroatoms. The average Bonchev–Trinajstić information content (AvgIpc) is 3.56. The summed E-state index contributed by atoms with van der Waals surface area (Å²) >= 11 is 6.26. The van der Waals surface area contributed by atoms with Crippen molar-refractivity contribution in [3.05, 3.63) is 58.9 Å². The molecular weight excluding hydrogens is 405 g/mol. The van der Waals surface area contributed by atoms with E-state index in [0.29, 0.717) is 18.0 Å². The Hall–Kier alpha value is -2.22. The molecule has 0 bridgehead atoms. The molecule has 2 aliphatic rings. The van der Waals surface area contributed by atoms with Gasteiger partial charge in [0.15, 0.2) is 0 Å². The van der Waals surface area contributed by atoms with E-state index in [1.54, 1.807) is 18.5 Å². The van der Waals surface area contributed by atoms with Gasteiger partial charge < -0.3 is 10.6 Å². The minimum atomic E-state index is -0.131. The molecule has 1 aromatic heterocycles. The van der Waals surface area contributed by atoms with E-state index >= 15 is 0 Å². The molecule has 0 radical (unpaired) electrons. The van der Waals surface area contributed by atoms with Crippen LogP contribution in [-0.2, 0) is 5.41 Å². The van der Waals surface area contributed by atoms with Crippen molar-refractivity contribution in [2.24, 2.45) is 5.92 Å². The van der Waals surface area contributed by atoms with E-state index in [1.807, 2.05) is 18.2 Å². The van der Waals surface area contributed by atoms with Crippen LogP contribution in [0.4, 0.5) is 5.69 Å². The fourth-order valence-corrected chi connectivity index (χ4v) is 3.87. The maximum atomic E-state index is 12.6. The van der Waals surface area contributed by atoms with E-state index in [9.17, 15) is 4.79 Å². The molecule has 1 aromatic carbocycles. The number of amides is 1. The second-order valence-electron chi connectivity index (χ2n) is 7.75. The molecule has 29 heavy (non-hydrogen) atoms. The Morgan fingerprint density at radius 3 is 2.86 bits per heavy atom. The largest absolute Gasteiger partial charge is 0.382 e. The molecule has 1 atom stereocenters. The van der Waals surface area contributed by atoms with Crippen molar-refractivity contribution < 1.29 is 4.79 Å². The third kappa shape index (κ3) is 5.23. The van der Waals surface area contributed by atoms with Crippen molar-refractivity contribution in [1.82, 2.24) is 10.3 Å². The molecule has 2 N–H and O–H groups in total. The standard InChI is InChI=1S/C23H24ClN3O.ClH/c24-19-6-4-5-18(13-19)23(10-2-1-3-11-23)16-27-21-15-25-12-9-20(21)22(28)26-14-17-7-8-17;/h4-6,9,12-13,15,17,27H,2,7-8,10-11,14,16H2,(H,26,28);1H. The van der Waals surface area contributed by atoms with Gasteiger partial charge in [-0.2, -0.15) is 0 Å². The van der Waals surface area contributed by atoms with Crippen molar-refractivity contribution in [3.8, 4) is 11.8 Å². The summed E-state index contributed by atoms with van der Waals surface area (Å²) in [4.78, 5) is 16.8. The van der Waals surface area contributed by atoms with Crippen LogP contribution >= 0.6 is 24.0 Å². The van der Waals surface area contributed by atoms with Crippen LogP contribution in [0, 0.1) is 17.8 Å². The van der Waals surface area contributed by atoms with Crippen LogP contribution in [0.15, 0.2) is 42.7 Å². The van der Waals surface area contributed by atoms with E-state index in [0.717, 1.165) is 36.5 Å². The zero-order chi connectivity index (χ0) is 19.4. The summed E-state index contributed by atoms with van der Waals surface area (Å²) < 4.78 is 0. The smallest absolute Gasteiger partial charge is 0.253 e. The van der Waals surface area contributed by atoms with Crippen LogP contribution in [0.1, 0.15) is 48.0 Å². The lowest BCUT2D eigenvalue weighted by molar-refractivity contribution is 0.0952. The number of halogens is 2. The summed E-state index contributed by atoms with van der Waals surface area (Å²) in [6.07, 6.45) is 8.40. The van der Waals surface area contributed by atoms with Gasteiger partial charge in [0.2, 0.25) is 0 Å². The maximum absolute atomic E-state index is 12.6. The van der Waals surface area contributed by atoms with Gasteiger partial charge in [-0.15, -0.1) is 24.2 Å². The third-order valence-electron chi connectivity index (χ3n) is 5.65. The Labute approximate surface area is 183 Å². The summed E-state index contributed by atoms with van der Waals surface area (Å²) in [6.45, 7) is 1.43. The van der Waals surface area contributed by atoms with E-state index in [2.05, 4.69) is 33.5 Å². The molecule has 1 unspecified atom stereocenters. The molecule has 2 aliphatic carbocycles. The van der Waals surface area contributed by atoms with Gasteiger partial charge in [-0.05, 0) is 48.9 Å². The third-order valence-corrected chi connectivity index (χ3v) is 5.88. The molecular formula is C23H25Cl2N3O. The van der Waals surface area contributed by atoms with Crippen LogP contribution in [0.25, 0.3) is 0 Å². The number of carbonyl (C=O) groups is 1. The highest BCUT2D eigenvalue weighted by atomic mass is 35.5. The summed E-state index contributed by atoms with van der Waals surface area (Å²) in [7, 11) is 0. The lowest BCUT2D eigenvalue weighted by Crippen LogP contribution is -2.36. The van der Waals surface area contributed by atoms with Crippen LogP contribution in [0.5, 0.6) is 0 Å². The Morgan fingerprint density at radius 2 is 2.14 bits per heavy atom. The number of anilines is 1. The second-order valence-corrected chi connectivity index (χ2v) is 8.19. The Bertz CT molecular complexity index is 933. The van der Waals surface area contributed by atoms with Crippen molar-refractivity contribution in [2.75, 3.05) is 18.4 Å². The van der Waals surface area contributed by atoms with Gasteiger partial charge >= 0.3 is 0 Å². The molecule has 0 saturated heterocycles. The van der Waals surface area contributed by atoms with Crippen molar-refractivity contribution in [3.63, 3.8) is 0 Å². The average molecular weight is 430 g/mol. The first-order valence-electron chi connectivity index (χ1n) is 9.84. The van der Waals surface area contributed by atoms with Gasteiger partial charge in [0.25, 0.3) is 5.91 Å². The Morgan fingerprint density at radius 1 is 1.28 bits per heavy atom. The fourth-order valence-electron chi connectivity index (χ4n) is 3.68. The highest BCUT2D eigenvalue weighted by molar-refractivity contribution is 6.30. The molecule has 0 aliphatic heterocycles. The Balaban J connectivity index is 0.00000240. The molecule has 1 heterocycles. The van der Waals surface area contributed by atoms with E-state index < -0.39 is 0 Å². The van der Waals surface area contributed by atoms with Gasteiger partial charge in [-0.25, -0.2) is 0 Å². The summed E-state index contributed by atoms with van der Waals surface area (Å²) in [5.41, 5.74) is 2.45. The number of aromatic nitrogens is 1. The number of hydrogen-bond donors (Lipinski definition) is 2. The molecule has 2 aromatic rings. The lowest BCUT2D eigenvalue weighted by Gasteiger charge is -2.35. The summed E-state index contributed by atoms with van der Waals surface area (Å²) in [6, 6.07) is 9.81. The molecule has 1 amide bonds. The second kappa shape index (κ2) is 9.52. The van der Waals surface area contributed by atoms with Crippen LogP contribution in [0.2, 0.25) is 5.02 Å². The van der Waals surface area contributed by atoms with Gasteiger partial charge in [0.05, 0.1) is 17.4 Å². The fraction of sp³-hybridized carbons (Fsp3) is 0.391. The minimum absolute atomic E-state index is 0. The van der Waals surface area contributed by atoms with Crippen LogP contribution < -0.4 is 10.6 Å². The van der Waals surface area contributed by atoms with Gasteiger partial charge in [-0.1, -0.05) is 23.7 Å². The predicted octanol–water partition coefficient (Wildman–Crippen LogP) is 4.83. The van der Waals surface area contributed by atoms with Crippen LogP contribution in [-0.4, -0.2) is 24.0 Å². The van der Waals surface area contributed by atoms with Gasteiger partial charge in [0.1, 0.15) is 0 Å². The zero-order valence-electron chi connectivity index (χ0n) is 16.2. The first-order valence-corrected chi connectivity index (χ1v) is 10.2. The molecule has 152 valence electrons. The van der Waals surface area contributed by atoms with E-state index in [-0.39, 0.29) is 23.7 Å². The number of nitrogens with zero attached hydrogens (tertiary/aromatic N) is 1. The number of hydrogen-bond acceptors (Lipinski definition) is 3. The first kappa shape index (κ1) is 21.5. The minimum Gasteiger partial charge on any atom is -0.382 e. The van der Waals surface area contributed by atoms with Gasteiger partial charge in [-0.3, -0.25) is 9.78 Å². The number of pyridine rings is 1. The number of benzene rings is 1. The van der Waals surface area contributed by atoms with Crippen molar-refractivity contribution in [1.29, 1.82) is 0 Å². The SMILES string of the molecule is Cl.O=C(NCC1CC1)c1ccncc1NCC1(c2cccc(Cl)c2)CC#CCC1. The number of rotatable bonds is 7. The van der Waals surface area contributed by atoms with Crippen molar-refractivity contribution in [2.45, 2.75) is 37.5 Å². The molecule has 1 saturated carbocycles. The summed E-state index contributed by atoms with van der Waals surface area (Å²) in [5.74, 6) is 7.08. The number of nitrogens with one attached hydrogen (secondary N) is 2. The van der Waals surface area contributed by atoms with E-state index in [4.69, 9.17) is 11.6 Å².